The minimum Gasteiger partial charge on any atom is -0.368 e. The summed E-state index contributed by atoms with van der Waals surface area (Å²) in [6, 6.07) is 12.3. The van der Waals surface area contributed by atoms with Gasteiger partial charge in [0.15, 0.2) is 0 Å². The molecule has 35 heavy (non-hydrogen) atoms. The molecule has 2 heterocycles. The van der Waals surface area contributed by atoms with E-state index in [4.69, 9.17) is 5.73 Å². The highest BCUT2D eigenvalue weighted by Gasteiger charge is 2.31. The van der Waals surface area contributed by atoms with E-state index in [1.165, 1.54) is 22.5 Å². The number of nitrogens with two attached hydrogens (primary N) is 1. The van der Waals surface area contributed by atoms with Gasteiger partial charge in [-0.2, -0.15) is 4.31 Å². The number of piperazine rings is 1. The number of hydrogen-bond donors (Lipinski definition) is 2. The first-order valence-electron chi connectivity index (χ1n) is 11.5. The molecule has 4 rings (SSSR count). The lowest BCUT2D eigenvalue weighted by atomic mass is 10.0. The van der Waals surface area contributed by atoms with Crippen LogP contribution in [0.15, 0.2) is 53.4 Å². The molecule has 0 radical (unpaired) electrons. The predicted octanol–water partition coefficient (Wildman–Crippen LogP) is 2.20. The zero-order valence-electron chi connectivity index (χ0n) is 19.7. The summed E-state index contributed by atoms with van der Waals surface area (Å²) in [7, 11) is -3.91. The number of sulfonamides is 1. The van der Waals surface area contributed by atoms with Crippen LogP contribution in [0.2, 0.25) is 0 Å². The fourth-order valence-corrected chi connectivity index (χ4v) is 5.63. The lowest BCUT2D eigenvalue weighted by Gasteiger charge is -2.33. The average Bonchev–Trinajstić information content (AvgIpc) is 2.82. The van der Waals surface area contributed by atoms with Crippen molar-refractivity contribution in [3.05, 3.63) is 60.2 Å². The Bertz CT molecular complexity index is 1330. The Morgan fingerprint density at radius 1 is 1.06 bits per heavy atom. The van der Waals surface area contributed by atoms with Crippen LogP contribution < -0.4 is 11.1 Å². The fraction of sp³-hybridized carbons (Fsp3) is 0.375. The van der Waals surface area contributed by atoms with E-state index in [1.54, 1.807) is 0 Å². The van der Waals surface area contributed by atoms with Crippen molar-refractivity contribution in [2.75, 3.05) is 31.5 Å². The van der Waals surface area contributed by atoms with Gasteiger partial charge in [0.2, 0.25) is 15.9 Å². The largest absolute Gasteiger partial charge is 0.368 e. The predicted molar refractivity (Wildman–Crippen MR) is 131 cm³/mol. The normalized spacial score (nSPS) is 16.5. The zero-order valence-corrected chi connectivity index (χ0v) is 20.5. The third-order valence-corrected chi connectivity index (χ3v) is 8.00. The molecule has 0 saturated carbocycles. The van der Waals surface area contributed by atoms with E-state index < -0.39 is 27.8 Å². The second-order valence-electron chi connectivity index (χ2n) is 8.88. The van der Waals surface area contributed by atoms with Gasteiger partial charge in [0.05, 0.1) is 12.1 Å². The number of para-hydroxylation sites is 1. The maximum Gasteiger partial charge on any atom is 0.246 e. The van der Waals surface area contributed by atoms with Crippen molar-refractivity contribution in [3.63, 3.8) is 0 Å². The highest BCUT2D eigenvalue weighted by Crippen LogP contribution is 2.24. The van der Waals surface area contributed by atoms with Gasteiger partial charge in [-0.05, 0) is 30.2 Å². The summed E-state index contributed by atoms with van der Waals surface area (Å²) in [5.41, 5.74) is 6.32. The Hall–Kier alpha value is -3.15. The first kappa shape index (κ1) is 25.0. The number of benzene rings is 2. The molecule has 3 aromatic rings. The standard InChI is InChI=1S/C24H29FN6O3S/c1-16(2)22(23(26)32)29-24-17-7-3-5-9-19(17)27-21(28-24)15-30-11-13-31(14-12-30)35(33,34)20-10-6-4-8-18(20)25/h3-10,16,22H,11-15H2,1-2H3,(H2,26,32)(H,27,28,29)/t22-/m0/s1. The summed E-state index contributed by atoms with van der Waals surface area (Å²) in [5.74, 6) is -0.173. The first-order valence-corrected chi connectivity index (χ1v) is 12.9. The number of nitrogens with zero attached hydrogens (tertiary/aromatic N) is 4. The second-order valence-corrected chi connectivity index (χ2v) is 10.8. The van der Waals surface area contributed by atoms with Crippen molar-refractivity contribution in [1.29, 1.82) is 0 Å². The van der Waals surface area contributed by atoms with Crippen molar-refractivity contribution in [2.24, 2.45) is 11.7 Å². The van der Waals surface area contributed by atoms with Crippen LogP contribution in [-0.4, -0.2) is 65.7 Å². The number of aromatic nitrogens is 2. The molecule has 1 fully saturated rings. The highest BCUT2D eigenvalue weighted by molar-refractivity contribution is 7.89. The van der Waals surface area contributed by atoms with Crippen LogP contribution in [0.3, 0.4) is 0 Å². The molecular weight excluding hydrogens is 471 g/mol. The monoisotopic (exact) mass is 500 g/mol. The maximum absolute atomic E-state index is 14.1. The molecule has 0 spiro atoms. The second kappa shape index (κ2) is 10.2. The molecule has 1 aliphatic rings. The molecule has 2 aromatic carbocycles. The number of carbonyl (C=O) groups excluding carboxylic acids is 1. The molecule has 1 aliphatic heterocycles. The molecule has 11 heteroatoms. The maximum atomic E-state index is 14.1. The van der Waals surface area contributed by atoms with Crippen molar-refractivity contribution in [3.8, 4) is 0 Å². The number of rotatable bonds is 8. The van der Waals surface area contributed by atoms with Gasteiger partial charge in [-0.3, -0.25) is 9.69 Å². The number of amides is 1. The molecule has 1 amide bonds. The van der Waals surface area contributed by atoms with Gasteiger partial charge < -0.3 is 11.1 Å². The van der Waals surface area contributed by atoms with Crippen molar-refractivity contribution in [2.45, 2.75) is 31.3 Å². The van der Waals surface area contributed by atoms with Gasteiger partial charge in [0.1, 0.15) is 28.4 Å². The number of fused-ring (bicyclic) bond motifs is 1. The zero-order chi connectivity index (χ0) is 25.2. The van der Waals surface area contributed by atoms with Crippen molar-refractivity contribution in [1.82, 2.24) is 19.2 Å². The summed E-state index contributed by atoms with van der Waals surface area (Å²) in [6.45, 7) is 5.56. The first-order chi connectivity index (χ1) is 16.7. The van der Waals surface area contributed by atoms with Crippen LogP contribution in [0.25, 0.3) is 10.9 Å². The number of hydrogen-bond acceptors (Lipinski definition) is 7. The Kier molecular flexibility index (Phi) is 7.29. The lowest BCUT2D eigenvalue weighted by Crippen LogP contribution is -2.48. The Balaban J connectivity index is 1.51. The van der Waals surface area contributed by atoms with Crippen LogP contribution in [-0.2, 0) is 21.4 Å². The van der Waals surface area contributed by atoms with Crippen LogP contribution in [0.1, 0.15) is 19.7 Å². The van der Waals surface area contributed by atoms with Crippen LogP contribution in [0, 0.1) is 11.7 Å². The molecule has 1 aromatic heterocycles. The van der Waals surface area contributed by atoms with Gasteiger partial charge in [-0.25, -0.2) is 22.8 Å². The molecule has 0 aliphatic carbocycles. The summed E-state index contributed by atoms with van der Waals surface area (Å²) in [4.78, 5) is 23.0. The van der Waals surface area contributed by atoms with Crippen molar-refractivity contribution >= 4 is 32.7 Å². The Morgan fingerprint density at radius 3 is 2.37 bits per heavy atom. The smallest absolute Gasteiger partial charge is 0.246 e. The van der Waals surface area contributed by atoms with Gasteiger partial charge in [-0.1, -0.05) is 38.1 Å². The minimum atomic E-state index is -3.91. The van der Waals surface area contributed by atoms with Gasteiger partial charge in [0, 0.05) is 31.6 Å². The Labute approximate surface area is 204 Å². The van der Waals surface area contributed by atoms with Gasteiger partial charge in [0.25, 0.3) is 0 Å². The van der Waals surface area contributed by atoms with E-state index in [9.17, 15) is 17.6 Å². The fourth-order valence-electron chi connectivity index (χ4n) is 4.14. The molecule has 3 N–H and O–H groups in total. The van der Waals surface area contributed by atoms with Gasteiger partial charge >= 0.3 is 0 Å². The van der Waals surface area contributed by atoms with Gasteiger partial charge in [-0.15, -0.1) is 0 Å². The quantitative estimate of drug-likeness (QED) is 0.486. The Morgan fingerprint density at radius 2 is 1.71 bits per heavy atom. The molecule has 1 saturated heterocycles. The molecule has 1 atom stereocenters. The van der Waals surface area contributed by atoms with E-state index in [0.29, 0.717) is 31.3 Å². The number of carbonyl (C=O) groups is 1. The third-order valence-electron chi connectivity index (χ3n) is 6.07. The molecule has 0 unspecified atom stereocenters. The number of anilines is 1. The summed E-state index contributed by atoms with van der Waals surface area (Å²) in [5, 5.41) is 3.96. The van der Waals surface area contributed by atoms with E-state index in [0.717, 1.165) is 17.0 Å². The number of halogens is 1. The van der Waals surface area contributed by atoms with E-state index >= 15 is 0 Å². The summed E-state index contributed by atoms with van der Waals surface area (Å²) in [6.07, 6.45) is 0. The SMILES string of the molecule is CC(C)[C@H](Nc1nc(CN2CCN(S(=O)(=O)c3ccccc3F)CC2)nc2ccccc12)C(N)=O. The van der Waals surface area contributed by atoms with Crippen molar-refractivity contribution < 1.29 is 17.6 Å². The van der Waals surface area contributed by atoms with Crippen LogP contribution in [0.5, 0.6) is 0 Å². The number of primary amides is 1. The molecule has 186 valence electrons. The molecular formula is C24H29FN6O3S. The summed E-state index contributed by atoms with van der Waals surface area (Å²) >= 11 is 0. The van der Waals surface area contributed by atoms with Crippen LogP contribution >= 0.6 is 0 Å². The molecule has 0 bridgehead atoms. The molecule has 9 nitrogen and oxygen atoms in total. The van der Waals surface area contributed by atoms with E-state index in [1.807, 2.05) is 38.1 Å². The lowest BCUT2D eigenvalue weighted by molar-refractivity contribution is -0.119. The topological polar surface area (TPSA) is 122 Å². The minimum absolute atomic E-state index is 0.0332. The average molecular weight is 501 g/mol. The number of nitrogens with one attached hydrogen (secondary N) is 1. The van der Waals surface area contributed by atoms with E-state index in [2.05, 4.69) is 20.2 Å². The summed E-state index contributed by atoms with van der Waals surface area (Å²) < 4.78 is 41.1. The third kappa shape index (κ3) is 5.42. The highest BCUT2D eigenvalue weighted by atomic mass is 32.2. The van der Waals surface area contributed by atoms with Crippen LogP contribution in [0.4, 0.5) is 10.2 Å². The van der Waals surface area contributed by atoms with E-state index in [-0.39, 0.29) is 23.9 Å².